The maximum Gasteiger partial charge on any atom is 0.333 e. The lowest BCUT2D eigenvalue weighted by Gasteiger charge is -2.34. The fourth-order valence-corrected chi connectivity index (χ4v) is 4.08. The summed E-state index contributed by atoms with van der Waals surface area (Å²) in [5, 5.41) is 15.5. The van der Waals surface area contributed by atoms with E-state index in [0.29, 0.717) is 37.8 Å². The van der Waals surface area contributed by atoms with Crippen molar-refractivity contribution in [2.45, 2.75) is 58.2 Å². The number of likely N-dealkylation sites (N-methyl/N-ethyl adjacent to an activating group) is 1. The van der Waals surface area contributed by atoms with Crippen molar-refractivity contribution in [3.05, 3.63) is 29.8 Å². The molecule has 2 aliphatic heterocycles. The normalized spacial score (nSPS) is 21.2. The van der Waals surface area contributed by atoms with Gasteiger partial charge in [0.2, 0.25) is 0 Å². The van der Waals surface area contributed by atoms with Crippen LogP contribution in [0.5, 0.6) is 5.75 Å². The lowest BCUT2D eigenvalue weighted by atomic mass is 9.98. The van der Waals surface area contributed by atoms with Crippen molar-refractivity contribution >= 4 is 23.4 Å². The molecule has 9 nitrogen and oxygen atoms in total. The fraction of sp³-hybridized carbons (Fsp3) is 0.565. The van der Waals surface area contributed by atoms with Crippen LogP contribution in [0, 0.1) is 0 Å². The number of hydrazone groups is 1. The van der Waals surface area contributed by atoms with Crippen LogP contribution in [0.1, 0.15) is 39.2 Å². The number of aliphatic imine (C=N–C) groups is 1. The van der Waals surface area contributed by atoms with E-state index in [0.717, 1.165) is 24.1 Å². The number of rotatable bonds is 11. The van der Waals surface area contributed by atoms with Crippen LogP contribution in [0.4, 0.5) is 0 Å². The van der Waals surface area contributed by atoms with Crippen LogP contribution in [-0.4, -0.2) is 83.4 Å². The van der Waals surface area contributed by atoms with E-state index >= 15 is 0 Å². The highest BCUT2D eigenvalue weighted by atomic mass is 16.5. The van der Waals surface area contributed by atoms with Gasteiger partial charge in [0.15, 0.2) is 12.1 Å². The van der Waals surface area contributed by atoms with Gasteiger partial charge in [-0.2, -0.15) is 5.10 Å². The molecule has 1 amide bonds. The highest BCUT2D eigenvalue weighted by molar-refractivity contribution is 6.08. The molecule has 0 fully saturated rings. The number of amidine groups is 1. The number of amides is 1. The molecule has 2 unspecified atom stereocenters. The molecule has 3 atom stereocenters. The molecule has 0 bridgehead atoms. The number of benzene rings is 1. The highest BCUT2D eigenvalue weighted by Gasteiger charge is 2.45. The summed E-state index contributed by atoms with van der Waals surface area (Å²) >= 11 is 0. The fourth-order valence-electron chi connectivity index (χ4n) is 4.08. The number of carboxylic acids is 1. The maximum atomic E-state index is 13.1. The molecule has 2 aliphatic rings. The molecule has 3 rings (SSSR count). The van der Waals surface area contributed by atoms with Gasteiger partial charge in [0, 0.05) is 20.1 Å². The van der Waals surface area contributed by atoms with E-state index in [1.165, 1.54) is 0 Å². The van der Waals surface area contributed by atoms with Gasteiger partial charge in [-0.3, -0.25) is 19.7 Å². The Morgan fingerprint density at radius 1 is 1.25 bits per heavy atom. The summed E-state index contributed by atoms with van der Waals surface area (Å²) in [5.74, 6) is 0.359. The van der Waals surface area contributed by atoms with E-state index in [9.17, 15) is 14.7 Å². The van der Waals surface area contributed by atoms with Gasteiger partial charge < -0.3 is 14.6 Å². The van der Waals surface area contributed by atoms with Crippen molar-refractivity contribution in [3.8, 4) is 5.75 Å². The average molecular weight is 445 g/mol. The lowest BCUT2D eigenvalue weighted by Crippen LogP contribution is -2.56. The summed E-state index contributed by atoms with van der Waals surface area (Å²) in [5.41, 5.74) is 1.82. The molecule has 0 radical (unpaired) electrons. The molecule has 1 aromatic rings. The summed E-state index contributed by atoms with van der Waals surface area (Å²) in [6, 6.07) is 6.67. The minimum Gasteiger partial charge on any atom is -0.492 e. The van der Waals surface area contributed by atoms with Crippen molar-refractivity contribution in [1.82, 2.24) is 9.91 Å². The van der Waals surface area contributed by atoms with Gasteiger partial charge in [0.25, 0.3) is 5.91 Å². The topological polar surface area (TPSA) is 104 Å². The summed E-state index contributed by atoms with van der Waals surface area (Å²) in [6.07, 6.45) is 1.24. The van der Waals surface area contributed by atoms with Crippen LogP contribution in [0.3, 0.4) is 0 Å². The van der Waals surface area contributed by atoms with Gasteiger partial charge in [-0.25, -0.2) is 4.79 Å². The second kappa shape index (κ2) is 10.6. The molecule has 2 heterocycles. The number of ether oxygens (including phenoxy) is 2. The number of nitrogens with zero attached hydrogens (tertiary/aromatic N) is 4. The SMILES string of the molecule is CCCC1=NN(C)C2C(=O)N(CCOc3ccc(C[C@H](OCC)C(=O)O)cc3)C(C)=NC12. The number of fused-ring (bicyclic) bond motifs is 1. The van der Waals surface area contributed by atoms with E-state index in [-0.39, 0.29) is 18.0 Å². The third-order valence-electron chi connectivity index (χ3n) is 5.64. The van der Waals surface area contributed by atoms with E-state index in [1.807, 2.05) is 26.1 Å². The first-order valence-electron chi connectivity index (χ1n) is 11.1. The Morgan fingerprint density at radius 2 is 1.97 bits per heavy atom. The summed E-state index contributed by atoms with van der Waals surface area (Å²) in [7, 11) is 1.82. The number of hydrogen-bond acceptors (Lipinski definition) is 7. The molecule has 1 N–H and O–H groups in total. The minimum atomic E-state index is -0.974. The molecular weight excluding hydrogens is 412 g/mol. The summed E-state index contributed by atoms with van der Waals surface area (Å²) < 4.78 is 11.1. The third kappa shape index (κ3) is 5.27. The standard InChI is InChI=1S/C23H32N4O5/c1-5-7-18-20-21(26(4)25-18)22(28)27(15(3)24-20)12-13-32-17-10-8-16(9-11-17)14-19(23(29)30)31-6-2/h8-11,19-21H,5-7,12-14H2,1-4H3,(H,29,30)/t19-,20?,21?/m0/s1. The van der Waals surface area contributed by atoms with Gasteiger partial charge in [0.1, 0.15) is 24.2 Å². The first kappa shape index (κ1) is 23.7. The summed E-state index contributed by atoms with van der Waals surface area (Å²) in [4.78, 5) is 30.8. The number of hydrogen-bond donors (Lipinski definition) is 1. The van der Waals surface area contributed by atoms with Crippen LogP contribution in [0.2, 0.25) is 0 Å². The number of carbonyl (C=O) groups is 2. The zero-order valence-corrected chi connectivity index (χ0v) is 19.2. The highest BCUT2D eigenvalue weighted by Crippen LogP contribution is 2.26. The molecular formula is C23H32N4O5. The smallest absolute Gasteiger partial charge is 0.333 e. The van der Waals surface area contributed by atoms with Crippen LogP contribution in [0.15, 0.2) is 34.4 Å². The Hall–Kier alpha value is -2.94. The molecule has 9 heteroatoms. The zero-order chi connectivity index (χ0) is 23.3. The van der Waals surface area contributed by atoms with Crippen LogP contribution < -0.4 is 4.74 Å². The van der Waals surface area contributed by atoms with E-state index in [2.05, 4.69) is 12.0 Å². The van der Waals surface area contributed by atoms with Crippen LogP contribution >= 0.6 is 0 Å². The van der Waals surface area contributed by atoms with E-state index < -0.39 is 12.1 Å². The van der Waals surface area contributed by atoms with Gasteiger partial charge in [-0.1, -0.05) is 25.5 Å². The minimum absolute atomic E-state index is 0.00515. The summed E-state index contributed by atoms with van der Waals surface area (Å²) in [6.45, 7) is 6.77. The first-order valence-corrected chi connectivity index (χ1v) is 11.1. The van der Waals surface area contributed by atoms with E-state index in [4.69, 9.17) is 14.5 Å². The van der Waals surface area contributed by atoms with Crippen molar-refractivity contribution in [2.75, 3.05) is 26.8 Å². The molecule has 32 heavy (non-hydrogen) atoms. The molecule has 1 aromatic carbocycles. The maximum absolute atomic E-state index is 13.1. The van der Waals surface area contributed by atoms with Crippen molar-refractivity contribution in [2.24, 2.45) is 10.1 Å². The second-order valence-electron chi connectivity index (χ2n) is 7.95. The van der Waals surface area contributed by atoms with Gasteiger partial charge in [-0.05, 0) is 38.0 Å². The molecule has 0 aliphatic carbocycles. The van der Waals surface area contributed by atoms with Gasteiger partial charge >= 0.3 is 5.97 Å². The van der Waals surface area contributed by atoms with Crippen LogP contribution in [0.25, 0.3) is 0 Å². The second-order valence-corrected chi connectivity index (χ2v) is 7.95. The quantitative estimate of drug-likeness (QED) is 0.561. The Labute approximate surface area is 188 Å². The Balaban J connectivity index is 1.55. The third-order valence-corrected chi connectivity index (χ3v) is 5.64. The van der Waals surface area contributed by atoms with Gasteiger partial charge in [0.05, 0.1) is 12.3 Å². The molecule has 0 saturated carbocycles. The molecule has 0 aromatic heterocycles. The predicted molar refractivity (Wildman–Crippen MR) is 121 cm³/mol. The molecule has 174 valence electrons. The largest absolute Gasteiger partial charge is 0.492 e. The van der Waals surface area contributed by atoms with Crippen LogP contribution in [-0.2, 0) is 20.7 Å². The first-order chi connectivity index (χ1) is 15.3. The molecule has 0 saturated heterocycles. The van der Waals surface area contributed by atoms with E-state index in [1.54, 1.807) is 29.0 Å². The van der Waals surface area contributed by atoms with Crippen molar-refractivity contribution in [3.63, 3.8) is 0 Å². The van der Waals surface area contributed by atoms with Crippen molar-refractivity contribution < 1.29 is 24.2 Å². The predicted octanol–water partition coefficient (Wildman–Crippen LogP) is 2.20. The Kier molecular flexibility index (Phi) is 7.84. The lowest BCUT2D eigenvalue weighted by molar-refractivity contribution is -0.150. The van der Waals surface area contributed by atoms with Gasteiger partial charge in [-0.15, -0.1) is 0 Å². The monoisotopic (exact) mass is 444 g/mol. The Morgan fingerprint density at radius 3 is 2.59 bits per heavy atom. The molecule has 0 spiro atoms. The zero-order valence-electron chi connectivity index (χ0n) is 19.2. The van der Waals surface area contributed by atoms with Crippen molar-refractivity contribution in [1.29, 1.82) is 0 Å². The number of aliphatic carboxylic acids is 1. The Bertz CT molecular complexity index is 883. The average Bonchev–Trinajstić information content (AvgIpc) is 3.06. The number of carbonyl (C=O) groups excluding carboxylic acids is 1. The number of carboxylic acid groups (broad SMARTS) is 1.